The number of carboxylic acid groups (broad SMARTS) is 1. The molecule has 126 valence electrons. The van der Waals surface area contributed by atoms with Crippen LogP contribution in [-0.2, 0) is 0 Å². The zero-order chi connectivity index (χ0) is 17.7. The molecule has 2 aromatic rings. The van der Waals surface area contributed by atoms with Crippen molar-refractivity contribution in [2.75, 3.05) is 6.38 Å². The molecule has 1 aliphatic rings. The summed E-state index contributed by atoms with van der Waals surface area (Å²) in [7, 11) is 0. The van der Waals surface area contributed by atoms with Gasteiger partial charge in [0, 0.05) is 11.9 Å². The van der Waals surface area contributed by atoms with Crippen LogP contribution in [0.2, 0.25) is 0 Å². The molecule has 2 N–H and O–H groups in total. The van der Waals surface area contributed by atoms with Crippen molar-refractivity contribution in [1.29, 1.82) is 0 Å². The molecule has 1 aliphatic carbocycles. The minimum atomic E-state index is -1.03. The highest BCUT2D eigenvalue weighted by atomic mass is 35.5. The van der Waals surface area contributed by atoms with Gasteiger partial charge in [0.2, 0.25) is 0 Å². The van der Waals surface area contributed by atoms with E-state index >= 15 is 0 Å². The van der Waals surface area contributed by atoms with E-state index in [1.807, 2.05) is 25.1 Å². The van der Waals surface area contributed by atoms with Gasteiger partial charge in [-0.3, -0.25) is 0 Å². The Morgan fingerprint density at radius 1 is 1.12 bits per heavy atom. The summed E-state index contributed by atoms with van der Waals surface area (Å²) >= 11 is 4.64. The fraction of sp³-hybridized carbons (Fsp3) is 0.263. The second-order valence-electron chi connectivity index (χ2n) is 5.54. The van der Waals surface area contributed by atoms with E-state index in [4.69, 9.17) is 5.11 Å². The van der Waals surface area contributed by atoms with Gasteiger partial charge >= 0.3 is 5.97 Å². The standard InChI is InChI=1S/C18H17NO3.CH3Cl/c1-11-8-9-14(17(20)10-11)12-4-2-5-13(12)15-6-3-7-16(19-15)18(21)22;1-2/h3,6-10,20H,2,4-5H2,1H3,(H,21,22);1H3. The topological polar surface area (TPSA) is 70.4 Å². The molecule has 0 radical (unpaired) electrons. The Bertz CT molecular complexity index is 784. The van der Waals surface area contributed by atoms with Crippen LogP contribution in [0.5, 0.6) is 5.75 Å². The van der Waals surface area contributed by atoms with E-state index in [1.54, 1.807) is 12.1 Å². The van der Waals surface area contributed by atoms with E-state index in [0.29, 0.717) is 5.69 Å². The van der Waals surface area contributed by atoms with Crippen molar-refractivity contribution in [1.82, 2.24) is 4.98 Å². The molecule has 0 spiro atoms. The van der Waals surface area contributed by atoms with E-state index in [9.17, 15) is 9.90 Å². The number of carboxylic acids is 1. The van der Waals surface area contributed by atoms with Crippen LogP contribution in [0.15, 0.2) is 36.4 Å². The maximum Gasteiger partial charge on any atom is 0.354 e. The van der Waals surface area contributed by atoms with Gasteiger partial charge in [-0.2, -0.15) is 0 Å². The van der Waals surface area contributed by atoms with Crippen LogP contribution in [-0.4, -0.2) is 27.5 Å². The predicted octanol–water partition coefficient (Wildman–Crippen LogP) is 4.74. The average Bonchev–Trinajstić information content (AvgIpc) is 3.06. The summed E-state index contributed by atoms with van der Waals surface area (Å²) in [5.74, 6) is -0.760. The number of phenolic OH excluding ortho intramolecular Hbond substituents is 1. The molecule has 3 rings (SSSR count). The number of carbonyl (C=O) groups is 1. The third kappa shape index (κ3) is 3.77. The van der Waals surface area contributed by atoms with Crippen molar-refractivity contribution in [3.8, 4) is 5.75 Å². The molecular formula is C19H20ClNO3. The molecule has 0 unspecified atom stereocenters. The number of alkyl halides is 1. The number of halogens is 1. The van der Waals surface area contributed by atoms with Crippen molar-refractivity contribution < 1.29 is 15.0 Å². The summed E-state index contributed by atoms with van der Waals surface area (Å²) in [6, 6.07) is 10.7. The normalized spacial score (nSPS) is 13.5. The van der Waals surface area contributed by atoms with Gasteiger partial charge in [0.05, 0.1) is 5.69 Å². The van der Waals surface area contributed by atoms with E-state index < -0.39 is 5.97 Å². The minimum Gasteiger partial charge on any atom is -0.507 e. The number of nitrogens with zero attached hydrogens (tertiary/aromatic N) is 1. The van der Waals surface area contributed by atoms with Crippen LogP contribution in [0.1, 0.15) is 46.6 Å². The zero-order valence-electron chi connectivity index (χ0n) is 13.7. The largest absolute Gasteiger partial charge is 0.507 e. The molecule has 1 aromatic carbocycles. The molecule has 0 saturated carbocycles. The Morgan fingerprint density at radius 3 is 2.50 bits per heavy atom. The smallest absolute Gasteiger partial charge is 0.354 e. The Labute approximate surface area is 146 Å². The summed E-state index contributed by atoms with van der Waals surface area (Å²) in [6.07, 6.45) is 4.17. The highest BCUT2D eigenvalue weighted by Gasteiger charge is 2.21. The van der Waals surface area contributed by atoms with Crippen LogP contribution in [0.25, 0.3) is 11.1 Å². The van der Waals surface area contributed by atoms with Gasteiger partial charge in [0.25, 0.3) is 0 Å². The van der Waals surface area contributed by atoms with Crippen LogP contribution in [0, 0.1) is 6.92 Å². The molecule has 0 fully saturated rings. The van der Waals surface area contributed by atoms with E-state index in [0.717, 1.165) is 41.5 Å². The lowest BCUT2D eigenvalue weighted by Crippen LogP contribution is -2.02. The number of allylic oxidation sites excluding steroid dienone is 2. The second kappa shape index (κ2) is 7.97. The first-order chi connectivity index (χ1) is 11.6. The first kappa shape index (κ1) is 18.0. The van der Waals surface area contributed by atoms with Crippen LogP contribution >= 0.6 is 11.6 Å². The van der Waals surface area contributed by atoms with Crippen LogP contribution in [0.4, 0.5) is 0 Å². The van der Waals surface area contributed by atoms with E-state index in [-0.39, 0.29) is 11.4 Å². The van der Waals surface area contributed by atoms with E-state index in [1.165, 1.54) is 12.4 Å². The lowest BCUT2D eigenvalue weighted by molar-refractivity contribution is 0.0690. The maximum absolute atomic E-state index is 11.1. The van der Waals surface area contributed by atoms with Gasteiger partial charge in [-0.15, -0.1) is 11.6 Å². The first-order valence-electron chi connectivity index (χ1n) is 7.67. The second-order valence-corrected chi connectivity index (χ2v) is 5.54. The van der Waals surface area contributed by atoms with Crippen molar-refractivity contribution in [2.45, 2.75) is 26.2 Å². The zero-order valence-corrected chi connectivity index (χ0v) is 14.5. The highest BCUT2D eigenvalue weighted by Crippen LogP contribution is 2.42. The molecule has 24 heavy (non-hydrogen) atoms. The third-order valence-electron chi connectivity index (χ3n) is 3.97. The molecule has 1 aromatic heterocycles. The summed E-state index contributed by atoms with van der Waals surface area (Å²) in [4.78, 5) is 15.3. The molecule has 0 aliphatic heterocycles. The molecule has 5 heteroatoms. The predicted molar refractivity (Wildman–Crippen MR) is 96.5 cm³/mol. The number of aromatic carboxylic acids is 1. The van der Waals surface area contributed by atoms with Crippen molar-refractivity contribution in [3.05, 3.63) is 58.9 Å². The lowest BCUT2D eigenvalue weighted by Gasteiger charge is -2.10. The number of benzene rings is 1. The maximum atomic E-state index is 11.1. The number of aromatic nitrogens is 1. The summed E-state index contributed by atoms with van der Waals surface area (Å²) in [5.41, 5.74) is 4.65. The number of hydrogen-bond acceptors (Lipinski definition) is 3. The third-order valence-corrected chi connectivity index (χ3v) is 3.97. The SMILES string of the molecule is CCl.Cc1ccc(C2=C(c3cccc(C(=O)O)n3)CCC2)c(O)c1. The first-order valence-corrected chi connectivity index (χ1v) is 8.42. The Balaban J connectivity index is 0.00000100. The molecule has 0 bridgehead atoms. The fourth-order valence-corrected chi connectivity index (χ4v) is 2.94. The van der Waals surface area contributed by atoms with Gasteiger partial charge in [-0.25, -0.2) is 9.78 Å². The molecule has 1 heterocycles. The highest BCUT2D eigenvalue weighted by molar-refractivity contribution is 6.15. The van der Waals surface area contributed by atoms with E-state index in [2.05, 4.69) is 16.6 Å². The van der Waals surface area contributed by atoms with Crippen molar-refractivity contribution >= 4 is 28.7 Å². The lowest BCUT2D eigenvalue weighted by atomic mass is 9.98. The molecule has 0 atom stereocenters. The quantitative estimate of drug-likeness (QED) is 0.788. The Kier molecular flexibility index (Phi) is 5.99. The van der Waals surface area contributed by atoms with Gasteiger partial charge < -0.3 is 10.2 Å². The molecule has 4 nitrogen and oxygen atoms in total. The van der Waals surface area contributed by atoms with Gasteiger partial charge in [0.15, 0.2) is 0 Å². The monoisotopic (exact) mass is 345 g/mol. The van der Waals surface area contributed by atoms with Crippen molar-refractivity contribution in [3.63, 3.8) is 0 Å². The van der Waals surface area contributed by atoms with Crippen molar-refractivity contribution in [2.24, 2.45) is 0 Å². The fourth-order valence-electron chi connectivity index (χ4n) is 2.94. The molecule has 0 amide bonds. The average molecular weight is 346 g/mol. The van der Waals surface area contributed by atoms with Crippen LogP contribution < -0.4 is 0 Å². The summed E-state index contributed by atoms with van der Waals surface area (Å²) < 4.78 is 0. The number of rotatable bonds is 3. The number of phenols is 1. The summed E-state index contributed by atoms with van der Waals surface area (Å²) in [5, 5.41) is 19.3. The number of aromatic hydroxyl groups is 1. The Morgan fingerprint density at radius 2 is 1.83 bits per heavy atom. The van der Waals surface area contributed by atoms with Gasteiger partial charge in [0.1, 0.15) is 11.4 Å². The number of pyridine rings is 1. The summed E-state index contributed by atoms with van der Waals surface area (Å²) in [6.45, 7) is 1.94. The molecule has 0 saturated heterocycles. The van der Waals surface area contributed by atoms with Crippen LogP contribution in [0.3, 0.4) is 0 Å². The Hall–Kier alpha value is -2.33. The number of aryl methyl sites for hydroxylation is 1. The van der Waals surface area contributed by atoms with Gasteiger partial charge in [-0.1, -0.05) is 18.2 Å². The number of hydrogen-bond donors (Lipinski definition) is 2. The minimum absolute atomic E-state index is 0.0457. The molecular weight excluding hydrogens is 326 g/mol. The van der Waals surface area contributed by atoms with Gasteiger partial charge in [-0.05, 0) is 61.1 Å².